The van der Waals surface area contributed by atoms with E-state index in [0.29, 0.717) is 19.8 Å². The maximum Gasteiger partial charge on any atom is 0.238 e. The van der Waals surface area contributed by atoms with E-state index in [1.807, 2.05) is 55.5 Å². The molecular weight excluding hydrogens is 416 g/mol. The van der Waals surface area contributed by atoms with Crippen LogP contribution in [0.15, 0.2) is 60.7 Å². The Hall–Kier alpha value is -3.51. The van der Waals surface area contributed by atoms with Crippen LogP contribution in [0.3, 0.4) is 0 Å². The van der Waals surface area contributed by atoms with Crippen molar-refractivity contribution in [2.75, 3.05) is 31.6 Å². The second kappa shape index (κ2) is 9.55. The first kappa shape index (κ1) is 21.3. The molecule has 6 heteroatoms. The van der Waals surface area contributed by atoms with Crippen molar-refractivity contribution < 1.29 is 19.0 Å². The molecule has 3 aromatic carbocycles. The van der Waals surface area contributed by atoms with Crippen LogP contribution in [0.5, 0.6) is 23.0 Å². The first-order valence-corrected chi connectivity index (χ1v) is 11.4. The number of anilines is 1. The number of amides is 1. The molecule has 2 aliphatic rings. The lowest BCUT2D eigenvalue weighted by atomic mass is 9.99. The highest BCUT2D eigenvalue weighted by molar-refractivity contribution is 5.92. The third kappa shape index (κ3) is 5.29. The molecule has 6 nitrogen and oxygen atoms in total. The van der Waals surface area contributed by atoms with Crippen molar-refractivity contribution in [1.29, 1.82) is 0 Å². The van der Waals surface area contributed by atoms with Gasteiger partial charge in [-0.05, 0) is 73.0 Å². The summed E-state index contributed by atoms with van der Waals surface area (Å²) in [4.78, 5) is 14.8. The number of hydrogen-bond acceptors (Lipinski definition) is 5. The monoisotopic (exact) mass is 444 g/mol. The van der Waals surface area contributed by atoms with Gasteiger partial charge in [0, 0.05) is 25.2 Å². The first-order valence-electron chi connectivity index (χ1n) is 11.4. The highest BCUT2D eigenvalue weighted by Crippen LogP contribution is 2.35. The summed E-state index contributed by atoms with van der Waals surface area (Å²) in [7, 11) is 0. The van der Waals surface area contributed by atoms with E-state index in [-0.39, 0.29) is 5.91 Å². The van der Waals surface area contributed by atoms with E-state index in [9.17, 15) is 4.79 Å². The molecule has 1 N–H and O–H groups in total. The van der Waals surface area contributed by atoms with Gasteiger partial charge >= 0.3 is 0 Å². The highest BCUT2D eigenvalue weighted by Gasteiger charge is 2.22. The van der Waals surface area contributed by atoms with E-state index in [2.05, 4.69) is 22.3 Å². The molecule has 0 spiro atoms. The van der Waals surface area contributed by atoms with Crippen molar-refractivity contribution in [3.63, 3.8) is 0 Å². The average Bonchev–Trinajstić information content (AvgIpc) is 3.05. The molecule has 0 aromatic heterocycles. The molecule has 0 saturated heterocycles. The van der Waals surface area contributed by atoms with E-state index in [1.165, 1.54) is 16.7 Å². The number of nitrogens with one attached hydrogen (secondary N) is 1. The Morgan fingerprint density at radius 3 is 2.27 bits per heavy atom. The average molecular weight is 445 g/mol. The number of rotatable bonds is 5. The number of hydrogen-bond donors (Lipinski definition) is 1. The van der Waals surface area contributed by atoms with Crippen LogP contribution in [0.2, 0.25) is 0 Å². The Bertz CT molecular complexity index is 1130. The van der Waals surface area contributed by atoms with Gasteiger partial charge in [-0.2, -0.15) is 0 Å². The molecule has 0 radical (unpaired) electrons. The van der Waals surface area contributed by atoms with Crippen molar-refractivity contribution in [1.82, 2.24) is 4.90 Å². The fraction of sp³-hybridized carbons (Fsp3) is 0.296. The molecule has 0 unspecified atom stereocenters. The van der Waals surface area contributed by atoms with Crippen LogP contribution < -0.4 is 19.5 Å². The largest absolute Gasteiger partial charge is 0.490 e. The molecule has 0 atom stereocenters. The SMILES string of the molecule is Cc1ccc(Oc2ccc(NC(=O)CN3CCc4cc5c(cc4C3)OCCCO5)cc2)cc1. The van der Waals surface area contributed by atoms with Crippen LogP contribution in [0.1, 0.15) is 23.1 Å². The third-order valence-electron chi connectivity index (χ3n) is 5.92. The zero-order valence-electron chi connectivity index (χ0n) is 18.8. The highest BCUT2D eigenvalue weighted by atomic mass is 16.5. The Labute approximate surface area is 194 Å². The second-order valence-corrected chi connectivity index (χ2v) is 8.57. The number of carbonyl (C=O) groups excluding carboxylic acids is 1. The summed E-state index contributed by atoms with van der Waals surface area (Å²) in [5.41, 5.74) is 4.43. The van der Waals surface area contributed by atoms with E-state index in [1.54, 1.807) is 0 Å². The van der Waals surface area contributed by atoms with Crippen LogP contribution >= 0.6 is 0 Å². The van der Waals surface area contributed by atoms with Gasteiger partial charge in [-0.1, -0.05) is 17.7 Å². The Morgan fingerprint density at radius 2 is 1.58 bits per heavy atom. The van der Waals surface area contributed by atoms with Crippen LogP contribution in [0.25, 0.3) is 0 Å². The molecule has 0 fully saturated rings. The molecule has 2 heterocycles. The lowest BCUT2D eigenvalue weighted by Crippen LogP contribution is -2.37. The minimum Gasteiger partial charge on any atom is -0.490 e. The molecule has 2 aliphatic heterocycles. The lowest BCUT2D eigenvalue weighted by molar-refractivity contribution is -0.117. The molecule has 1 amide bonds. The molecule has 5 rings (SSSR count). The number of aryl methyl sites for hydroxylation is 1. The Balaban J connectivity index is 1.16. The zero-order chi connectivity index (χ0) is 22.6. The van der Waals surface area contributed by atoms with E-state index in [0.717, 1.165) is 54.6 Å². The summed E-state index contributed by atoms with van der Waals surface area (Å²) in [6.07, 6.45) is 1.79. The van der Waals surface area contributed by atoms with Gasteiger partial charge in [0.25, 0.3) is 0 Å². The lowest BCUT2D eigenvalue weighted by Gasteiger charge is -2.29. The van der Waals surface area contributed by atoms with Crippen molar-refractivity contribution in [2.45, 2.75) is 26.3 Å². The van der Waals surface area contributed by atoms with Gasteiger partial charge < -0.3 is 19.5 Å². The van der Waals surface area contributed by atoms with Gasteiger partial charge in [-0.25, -0.2) is 0 Å². The standard InChI is InChI=1S/C27H28N2O4/c1-19-3-7-23(8-4-19)33-24-9-5-22(6-10-24)28-27(30)18-29-12-11-20-15-25-26(16-21(20)17-29)32-14-2-13-31-25/h3-10,15-16H,2,11-14,17-18H2,1H3,(H,28,30). The van der Waals surface area contributed by atoms with E-state index < -0.39 is 0 Å². The summed E-state index contributed by atoms with van der Waals surface area (Å²) >= 11 is 0. The van der Waals surface area contributed by atoms with E-state index in [4.69, 9.17) is 14.2 Å². The zero-order valence-corrected chi connectivity index (χ0v) is 18.8. The van der Waals surface area contributed by atoms with Crippen LogP contribution in [-0.2, 0) is 17.8 Å². The van der Waals surface area contributed by atoms with Gasteiger partial charge in [0.2, 0.25) is 5.91 Å². The maximum absolute atomic E-state index is 12.6. The number of fused-ring (bicyclic) bond motifs is 2. The first-order chi connectivity index (χ1) is 16.1. The summed E-state index contributed by atoms with van der Waals surface area (Å²) in [6.45, 7) is 5.31. The maximum atomic E-state index is 12.6. The van der Waals surface area contributed by atoms with Crippen molar-refractivity contribution in [3.8, 4) is 23.0 Å². The fourth-order valence-electron chi connectivity index (χ4n) is 4.16. The quantitative estimate of drug-likeness (QED) is 0.604. The number of benzene rings is 3. The van der Waals surface area contributed by atoms with Gasteiger partial charge in [-0.15, -0.1) is 0 Å². The summed E-state index contributed by atoms with van der Waals surface area (Å²) in [5, 5.41) is 2.99. The number of nitrogens with zero attached hydrogens (tertiary/aromatic N) is 1. The molecule has 3 aromatic rings. The predicted octanol–water partition coefficient (Wildman–Crippen LogP) is 4.95. The van der Waals surface area contributed by atoms with Crippen LogP contribution in [-0.4, -0.2) is 37.1 Å². The van der Waals surface area contributed by atoms with Gasteiger partial charge in [0.15, 0.2) is 11.5 Å². The van der Waals surface area contributed by atoms with Crippen molar-refractivity contribution >= 4 is 11.6 Å². The van der Waals surface area contributed by atoms with Crippen molar-refractivity contribution in [3.05, 3.63) is 77.4 Å². The molecule has 33 heavy (non-hydrogen) atoms. The molecule has 0 bridgehead atoms. The molecule has 0 saturated carbocycles. The van der Waals surface area contributed by atoms with Crippen LogP contribution in [0.4, 0.5) is 5.69 Å². The number of carbonyl (C=O) groups is 1. The van der Waals surface area contributed by atoms with Gasteiger partial charge in [0.05, 0.1) is 19.8 Å². The summed E-state index contributed by atoms with van der Waals surface area (Å²) in [6, 6.07) is 19.5. The second-order valence-electron chi connectivity index (χ2n) is 8.57. The molecular formula is C27H28N2O4. The molecule has 0 aliphatic carbocycles. The van der Waals surface area contributed by atoms with Crippen molar-refractivity contribution in [2.24, 2.45) is 0 Å². The predicted molar refractivity (Wildman–Crippen MR) is 127 cm³/mol. The van der Waals surface area contributed by atoms with Gasteiger partial charge in [0.1, 0.15) is 11.5 Å². The Morgan fingerprint density at radius 1 is 0.939 bits per heavy atom. The normalized spacial score (nSPS) is 15.3. The number of ether oxygens (including phenoxy) is 3. The summed E-state index contributed by atoms with van der Waals surface area (Å²) in [5.74, 6) is 3.14. The van der Waals surface area contributed by atoms with E-state index >= 15 is 0 Å². The smallest absolute Gasteiger partial charge is 0.238 e. The topological polar surface area (TPSA) is 60.0 Å². The fourth-order valence-corrected chi connectivity index (χ4v) is 4.16. The minimum atomic E-state index is -0.0278. The molecule has 170 valence electrons. The minimum absolute atomic E-state index is 0.0278. The van der Waals surface area contributed by atoms with Gasteiger partial charge in [-0.3, -0.25) is 9.69 Å². The third-order valence-corrected chi connectivity index (χ3v) is 5.92. The van der Waals surface area contributed by atoms with Crippen LogP contribution in [0, 0.1) is 6.92 Å². The summed E-state index contributed by atoms with van der Waals surface area (Å²) < 4.78 is 17.5. The Kier molecular flexibility index (Phi) is 6.17.